The van der Waals surface area contributed by atoms with Crippen molar-refractivity contribution in [3.63, 3.8) is 0 Å². The van der Waals surface area contributed by atoms with E-state index < -0.39 is 22.5 Å². The van der Waals surface area contributed by atoms with E-state index in [2.05, 4.69) is 10.5 Å². The number of aryl methyl sites for hydroxylation is 1. The minimum Gasteiger partial charge on any atom is -0.497 e. The fraction of sp³-hybridized carbons (Fsp3) is 0.231. The quantitative estimate of drug-likeness (QED) is 0.337. The molecule has 0 atom stereocenters. The van der Waals surface area contributed by atoms with Crippen molar-refractivity contribution in [1.82, 2.24) is 5.43 Å². The number of sulfonamides is 1. The molecule has 0 unspecified atom stereocenters. The van der Waals surface area contributed by atoms with Gasteiger partial charge >= 0.3 is 0 Å². The molecule has 0 bridgehead atoms. The summed E-state index contributed by atoms with van der Waals surface area (Å²) in [5.41, 5.74) is 5.00. The van der Waals surface area contributed by atoms with Crippen LogP contribution in [0.1, 0.15) is 25.0 Å². The van der Waals surface area contributed by atoms with Crippen molar-refractivity contribution in [2.75, 3.05) is 24.6 Å². The van der Waals surface area contributed by atoms with Gasteiger partial charge in [0.25, 0.3) is 15.9 Å². The van der Waals surface area contributed by atoms with E-state index in [4.69, 9.17) is 9.47 Å². The van der Waals surface area contributed by atoms with Gasteiger partial charge in [0.1, 0.15) is 18.0 Å². The molecule has 0 aliphatic carbocycles. The van der Waals surface area contributed by atoms with E-state index in [9.17, 15) is 13.2 Å². The fourth-order valence-corrected chi connectivity index (χ4v) is 4.72. The van der Waals surface area contributed by atoms with Gasteiger partial charge in [-0.05, 0) is 74.9 Å². The van der Waals surface area contributed by atoms with Gasteiger partial charge in [-0.1, -0.05) is 29.8 Å². The number of anilines is 1. The number of ether oxygens (including phenoxy) is 2. The van der Waals surface area contributed by atoms with E-state index in [0.717, 1.165) is 15.4 Å². The number of hydrazone groups is 1. The van der Waals surface area contributed by atoms with Crippen molar-refractivity contribution in [1.29, 1.82) is 0 Å². The van der Waals surface area contributed by atoms with E-state index in [-0.39, 0.29) is 10.6 Å². The molecule has 0 aliphatic heterocycles. The highest BCUT2D eigenvalue weighted by Crippen LogP contribution is 2.32. The molecule has 8 nitrogen and oxygen atoms in total. The van der Waals surface area contributed by atoms with Gasteiger partial charge in [-0.2, -0.15) is 5.10 Å². The maximum atomic E-state index is 13.6. The lowest BCUT2D eigenvalue weighted by atomic mass is 10.1. The third-order valence-electron chi connectivity index (χ3n) is 5.19. The third-order valence-corrected chi connectivity index (χ3v) is 6.96. The number of nitrogens with zero attached hydrogens (tertiary/aromatic N) is 2. The van der Waals surface area contributed by atoms with Crippen LogP contribution in [0.25, 0.3) is 0 Å². The van der Waals surface area contributed by atoms with Gasteiger partial charge in [0.05, 0.1) is 30.0 Å². The number of hydrogen-bond acceptors (Lipinski definition) is 6. The Balaban J connectivity index is 1.90. The number of methoxy groups -OCH3 is 1. The third kappa shape index (κ3) is 6.39. The molecule has 3 rings (SSSR count). The monoisotopic (exact) mass is 495 g/mol. The van der Waals surface area contributed by atoms with E-state index >= 15 is 0 Å². The van der Waals surface area contributed by atoms with Gasteiger partial charge in [-0.15, -0.1) is 0 Å². The molecule has 35 heavy (non-hydrogen) atoms. The van der Waals surface area contributed by atoms with Crippen LogP contribution in [0.5, 0.6) is 11.5 Å². The minimum absolute atomic E-state index is 0.0696. The van der Waals surface area contributed by atoms with E-state index in [0.29, 0.717) is 23.8 Å². The van der Waals surface area contributed by atoms with E-state index in [1.807, 2.05) is 19.1 Å². The molecule has 1 amide bonds. The van der Waals surface area contributed by atoms with Crippen LogP contribution in [0.15, 0.2) is 82.8 Å². The summed E-state index contributed by atoms with van der Waals surface area (Å²) in [5.74, 6) is 0.465. The number of benzene rings is 3. The number of amides is 1. The zero-order valence-corrected chi connectivity index (χ0v) is 21.0. The predicted molar refractivity (Wildman–Crippen MR) is 137 cm³/mol. The number of hydrogen-bond donors (Lipinski definition) is 1. The standard InChI is InChI=1S/C26H29N3O5S/c1-5-34-25-9-7-6-8-24(25)29(35(31,32)23-16-10-19(2)11-17-23)18-26(30)28-27-20(3)21-12-14-22(33-4)15-13-21/h6-17H,5,18H2,1-4H3,(H,28,30)/b27-20-. The van der Waals surface area contributed by atoms with Crippen LogP contribution in [-0.4, -0.2) is 40.3 Å². The molecule has 0 aliphatic rings. The second-order valence-electron chi connectivity index (χ2n) is 7.69. The van der Waals surface area contributed by atoms with Gasteiger partial charge in [-0.25, -0.2) is 13.8 Å². The van der Waals surface area contributed by atoms with Crippen molar-refractivity contribution in [2.24, 2.45) is 5.10 Å². The van der Waals surface area contributed by atoms with Gasteiger partial charge in [0.2, 0.25) is 0 Å². The SMILES string of the molecule is CCOc1ccccc1N(CC(=O)N/N=C(/C)c1ccc(OC)cc1)S(=O)(=O)c1ccc(C)cc1. The summed E-state index contributed by atoms with van der Waals surface area (Å²) in [6.07, 6.45) is 0. The lowest BCUT2D eigenvalue weighted by Crippen LogP contribution is -2.40. The molecule has 0 heterocycles. The largest absolute Gasteiger partial charge is 0.497 e. The lowest BCUT2D eigenvalue weighted by molar-refractivity contribution is -0.119. The summed E-state index contributed by atoms with van der Waals surface area (Å²) in [4.78, 5) is 12.9. The Morgan fingerprint density at radius 3 is 2.29 bits per heavy atom. The Bertz CT molecular complexity index is 1290. The highest BCUT2D eigenvalue weighted by atomic mass is 32.2. The summed E-state index contributed by atoms with van der Waals surface area (Å²) in [6, 6.07) is 20.4. The van der Waals surface area contributed by atoms with Crippen molar-refractivity contribution >= 4 is 27.3 Å². The number of carbonyl (C=O) groups is 1. The second kappa shape index (κ2) is 11.5. The van der Waals surface area contributed by atoms with E-state index in [1.54, 1.807) is 69.5 Å². The molecular formula is C26H29N3O5S. The van der Waals surface area contributed by atoms with Crippen LogP contribution >= 0.6 is 0 Å². The van der Waals surface area contributed by atoms with Crippen LogP contribution < -0.4 is 19.2 Å². The van der Waals surface area contributed by atoms with Gasteiger partial charge in [-0.3, -0.25) is 9.10 Å². The van der Waals surface area contributed by atoms with Gasteiger partial charge in [0, 0.05) is 0 Å². The lowest BCUT2D eigenvalue weighted by Gasteiger charge is -2.25. The number of rotatable bonds is 10. The first-order chi connectivity index (χ1) is 16.8. The van der Waals surface area contributed by atoms with Crippen molar-refractivity contribution in [2.45, 2.75) is 25.7 Å². The number of para-hydroxylation sites is 2. The molecule has 3 aromatic carbocycles. The molecule has 0 radical (unpaired) electrons. The average Bonchev–Trinajstić information content (AvgIpc) is 2.86. The molecular weight excluding hydrogens is 466 g/mol. The van der Waals surface area contributed by atoms with Crippen molar-refractivity contribution in [3.8, 4) is 11.5 Å². The predicted octanol–water partition coefficient (Wildman–Crippen LogP) is 4.14. The molecule has 1 N–H and O–H groups in total. The highest BCUT2D eigenvalue weighted by molar-refractivity contribution is 7.92. The summed E-state index contributed by atoms with van der Waals surface area (Å²) >= 11 is 0. The normalized spacial score (nSPS) is 11.6. The van der Waals surface area contributed by atoms with Crippen LogP contribution in [0.2, 0.25) is 0 Å². The van der Waals surface area contributed by atoms with Crippen LogP contribution in [0.4, 0.5) is 5.69 Å². The van der Waals surface area contributed by atoms with Crippen molar-refractivity contribution < 1.29 is 22.7 Å². The van der Waals surface area contributed by atoms with Gasteiger partial charge in [0.15, 0.2) is 0 Å². The number of nitrogens with one attached hydrogen (secondary N) is 1. The number of carbonyl (C=O) groups excluding carboxylic acids is 1. The Morgan fingerprint density at radius 2 is 1.66 bits per heavy atom. The summed E-state index contributed by atoms with van der Waals surface area (Å²) < 4.78 is 39.0. The topological polar surface area (TPSA) is 97.3 Å². The van der Waals surface area contributed by atoms with Crippen molar-refractivity contribution in [3.05, 3.63) is 83.9 Å². The molecule has 3 aromatic rings. The summed E-state index contributed by atoms with van der Waals surface area (Å²) in [7, 11) is -2.50. The molecule has 9 heteroatoms. The molecule has 0 aromatic heterocycles. The summed E-state index contributed by atoms with van der Waals surface area (Å²) in [6.45, 7) is 5.27. The maximum absolute atomic E-state index is 13.6. The summed E-state index contributed by atoms with van der Waals surface area (Å²) in [5, 5.41) is 4.15. The van der Waals surface area contributed by atoms with Gasteiger partial charge < -0.3 is 9.47 Å². The average molecular weight is 496 g/mol. The Hall–Kier alpha value is -3.85. The molecule has 0 spiro atoms. The Kier molecular flexibility index (Phi) is 8.48. The zero-order valence-electron chi connectivity index (χ0n) is 20.2. The Morgan fingerprint density at radius 1 is 1.00 bits per heavy atom. The smallest absolute Gasteiger partial charge is 0.264 e. The van der Waals surface area contributed by atoms with Crippen LogP contribution in [0.3, 0.4) is 0 Å². The molecule has 184 valence electrons. The minimum atomic E-state index is -4.08. The molecule has 0 saturated carbocycles. The maximum Gasteiger partial charge on any atom is 0.264 e. The fourth-order valence-electron chi connectivity index (χ4n) is 3.29. The molecule has 0 fully saturated rings. The van der Waals surface area contributed by atoms with Crippen LogP contribution in [0, 0.1) is 6.92 Å². The first-order valence-corrected chi connectivity index (χ1v) is 12.5. The highest BCUT2D eigenvalue weighted by Gasteiger charge is 2.29. The Labute approximate surface area is 206 Å². The molecule has 0 saturated heterocycles. The first kappa shape index (κ1) is 25.8. The first-order valence-electron chi connectivity index (χ1n) is 11.0. The zero-order chi connectivity index (χ0) is 25.4. The van der Waals surface area contributed by atoms with E-state index in [1.165, 1.54) is 12.1 Å². The second-order valence-corrected chi connectivity index (χ2v) is 9.55. The van der Waals surface area contributed by atoms with Crippen LogP contribution in [-0.2, 0) is 14.8 Å².